The van der Waals surface area contributed by atoms with Gasteiger partial charge < -0.3 is 14.2 Å². The van der Waals surface area contributed by atoms with Gasteiger partial charge in [-0.1, -0.05) is 42.5 Å². The highest BCUT2D eigenvalue weighted by molar-refractivity contribution is 6.03. The Labute approximate surface area is 194 Å². The van der Waals surface area contributed by atoms with E-state index < -0.39 is 5.63 Å². The topological polar surface area (TPSA) is 72.5 Å². The smallest absolute Gasteiger partial charge is 0.340 e. The molecule has 1 amide bonds. The second-order valence-electron chi connectivity index (χ2n) is 8.32. The van der Waals surface area contributed by atoms with E-state index in [1.54, 1.807) is 18.2 Å². The fourth-order valence-electron chi connectivity index (χ4n) is 4.30. The number of fused-ring (bicyclic) bond motifs is 2. The standard InChI is InChI=1S/C28H22FNO4/c1-16-21-12-23-25(33-17(2)27(23)19-6-4-3-5-7-19)14-24(21)34-28(32)22(16)13-26(31)30-15-18-8-10-20(29)11-9-18/h3-12,14H,13,15H2,1-2H3,(H,30,31). The summed E-state index contributed by atoms with van der Waals surface area (Å²) in [5.74, 6) is 0.123. The Kier molecular flexibility index (Phi) is 5.49. The highest BCUT2D eigenvalue weighted by Crippen LogP contribution is 2.37. The first-order valence-corrected chi connectivity index (χ1v) is 11.0. The van der Waals surface area contributed by atoms with Gasteiger partial charge in [-0.15, -0.1) is 0 Å². The van der Waals surface area contributed by atoms with E-state index in [4.69, 9.17) is 8.83 Å². The Morgan fingerprint density at radius 1 is 0.912 bits per heavy atom. The van der Waals surface area contributed by atoms with Crippen molar-refractivity contribution in [1.29, 1.82) is 0 Å². The molecule has 2 heterocycles. The zero-order valence-corrected chi connectivity index (χ0v) is 18.8. The zero-order valence-electron chi connectivity index (χ0n) is 18.8. The molecular weight excluding hydrogens is 433 g/mol. The van der Waals surface area contributed by atoms with Gasteiger partial charge in [0.05, 0.1) is 12.0 Å². The number of amides is 1. The van der Waals surface area contributed by atoms with E-state index in [1.165, 1.54) is 12.1 Å². The first-order valence-electron chi connectivity index (χ1n) is 11.0. The molecule has 0 spiro atoms. The second-order valence-corrected chi connectivity index (χ2v) is 8.32. The number of hydrogen-bond acceptors (Lipinski definition) is 4. The van der Waals surface area contributed by atoms with Crippen LogP contribution in [-0.4, -0.2) is 5.91 Å². The molecular formula is C28H22FNO4. The van der Waals surface area contributed by atoms with Crippen LogP contribution >= 0.6 is 0 Å². The fourth-order valence-corrected chi connectivity index (χ4v) is 4.30. The van der Waals surface area contributed by atoms with Gasteiger partial charge in [0.1, 0.15) is 22.7 Å². The molecule has 0 saturated heterocycles. The molecule has 0 bridgehead atoms. The fraction of sp³-hybridized carbons (Fsp3) is 0.143. The Bertz CT molecular complexity index is 1580. The molecule has 34 heavy (non-hydrogen) atoms. The van der Waals surface area contributed by atoms with Crippen molar-refractivity contribution in [1.82, 2.24) is 5.32 Å². The summed E-state index contributed by atoms with van der Waals surface area (Å²) in [5.41, 5.74) is 4.30. The lowest BCUT2D eigenvalue weighted by atomic mass is 9.98. The Balaban J connectivity index is 1.50. The summed E-state index contributed by atoms with van der Waals surface area (Å²) in [4.78, 5) is 25.3. The number of benzene rings is 3. The van der Waals surface area contributed by atoms with E-state index in [2.05, 4.69) is 5.32 Å². The zero-order chi connectivity index (χ0) is 23.8. The summed E-state index contributed by atoms with van der Waals surface area (Å²) in [5, 5.41) is 4.45. The van der Waals surface area contributed by atoms with Crippen LogP contribution in [0.15, 0.2) is 80.4 Å². The lowest BCUT2D eigenvalue weighted by molar-refractivity contribution is -0.120. The van der Waals surface area contributed by atoms with Crippen LogP contribution in [-0.2, 0) is 17.8 Å². The van der Waals surface area contributed by atoms with Gasteiger partial charge >= 0.3 is 5.63 Å². The summed E-state index contributed by atoms with van der Waals surface area (Å²) in [6.45, 7) is 3.97. The molecule has 0 radical (unpaired) electrons. The Hall–Kier alpha value is -4.19. The van der Waals surface area contributed by atoms with E-state index >= 15 is 0 Å². The molecule has 1 N–H and O–H groups in total. The van der Waals surface area contributed by atoms with Crippen LogP contribution in [0.2, 0.25) is 0 Å². The SMILES string of the molecule is Cc1oc2cc3oc(=O)c(CC(=O)NCc4ccc(F)cc4)c(C)c3cc2c1-c1ccccc1. The van der Waals surface area contributed by atoms with Gasteiger partial charge in [0.2, 0.25) is 5.91 Å². The number of carbonyl (C=O) groups excluding carboxylic acids is 1. The van der Waals surface area contributed by atoms with Crippen LogP contribution in [0.3, 0.4) is 0 Å². The summed E-state index contributed by atoms with van der Waals surface area (Å²) in [6.07, 6.45) is -0.112. The number of carbonyl (C=O) groups is 1. The molecule has 0 aliphatic rings. The van der Waals surface area contributed by atoms with Crippen molar-refractivity contribution in [3.8, 4) is 11.1 Å². The second kappa shape index (κ2) is 8.63. The van der Waals surface area contributed by atoms with Crippen molar-refractivity contribution >= 4 is 27.8 Å². The van der Waals surface area contributed by atoms with Crippen molar-refractivity contribution in [3.63, 3.8) is 0 Å². The maximum absolute atomic E-state index is 13.1. The van der Waals surface area contributed by atoms with Gasteiger partial charge in [0.15, 0.2) is 0 Å². The van der Waals surface area contributed by atoms with Crippen LogP contribution in [0, 0.1) is 19.7 Å². The van der Waals surface area contributed by atoms with E-state index in [9.17, 15) is 14.0 Å². The first kappa shape index (κ1) is 21.6. The summed E-state index contributed by atoms with van der Waals surface area (Å²) in [6, 6.07) is 19.5. The molecule has 2 aromatic heterocycles. The van der Waals surface area contributed by atoms with Crippen LogP contribution in [0.1, 0.15) is 22.5 Å². The highest BCUT2D eigenvalue weighted by atomic mass is 19.1. The molecule has 6 heteroatoms. The number of halogens is 1. The highest BCUT2D eigenvalue weighted by Gasteiger charge is 2.19. The lowest BCUT2D eigenvalue weighted by Gasteiger charge is -2.09. The van der Waals surface area contributed by atoms with Gasteiger partial charge in [0.25, 0.3) is 0 Å². The third-order valence-electron chi connectivity index (χ3n) is 6.07. The molecule has 0 atom stereocenters. The maximum Gasteiger partial charge on any atom is 0.340 e. The Morgan fingerprint density at radius 3 is 2.35 bits per heavy atom. The van der Waals surface area contributed by atoms with Crippen LogP contribution in [0.4, 0.5) is 4.39 Å². The van der Waals surface area contributed by atoms with Gasteiger partial charge in [-0.25, -0.2) is 9.18 Å². The average Bonchev–Trinajstić information content (AvgIpc) is 3.15. The molecule has 0 fully saturated rings. The molecule has 5 nitrogen and oxygen atoms in total. The molecule has 0 aliphatic carbocycles. The number of furan rings is 1. The first-order chi connectivity index (χ1) is 16.4. The van der Waals surface area contributed by atoms with E-state index in [1.807, 2.05) is 50.2 Å². The van der Waals surface area contributed by atoms with E-state index in [0.717, 1.165) is 33.2 Å². The lowest BCUT2D eigenvalue weighted by Crippen LogP contribution is -2.27. The van der Waals surface area contributed by atoms with E-state index in [-0.39, 0.29) is 24.7 Å². The minimum Gasteiger partial charge on any atom is -0.461 e. The number of rotatable bonds is 5. The third kappa shape index (κ3) is 3.99. The van der Waals surface area contributed by atoms with Crippen molar-refractivity contribution in [2.24, 2.45) is 0 Å². The normalized spacial score (nSPS) is 11.3. The molecule has 0 unspecified atom stereocenters. The largest absolute Gasteiger partial charge is 0.461 e. The van der Waals surface area contributed by atoms with Crippen molar-refractivity contribution in [2.45, 2.75) is 26.8 Å². The monoisotopic (exact) mass is 455 g/mol. The molecule has 5 aromatic rings. The number of nitrogens with one attached hydrogen (secondary N) is 1. The summed E-state index contributed by atoms with van der Waals surface area (Å²) in [7, 11) is 0. The van der Waals surface area contributed by atoms with Crippen molar-refractivity contribution < 1.29 is 18.0 Å². The number of hydrogen-bond donors (Lipinski definition) is 1. The van der Waals surface area contributed by atoms with Crippen LogP contribution < -0.4 is 10.9 Å². The average molecular weight is 455 g/mol. The van der Waals surface area contributed by atoms with Crippen molar-refractivity contribution in [3.05, 3.63) is 105 Å². The molecule has 0 saturated carbocycles. The minimum atomic E-state index is -0.548. The molecule has 170 valence electrons. The third-order valence-corrected chi connectivity index (χ3v) is 6.07. The van der Waals surface area contributed by atoms with Gasteiger partial charge in [-0.3, -0.25) is 4.79 Å². The number of aryl methyl sites for hydroxylation is 2. The van der Waals surface area contributed by atoms with Gasteiger partial charge in [0, 0.05) is 28.9 Å². The van der Waals surface area contributed by atoms with Gasteiger partial charge in [-0.05, 0) is 48.7 Å². The van der Waals surface area contributed by atoms with Gasteiger partial charge in [-0.2, -0.15) is 0 Å². The molecule has 0 aliphatic heterocycles. The maximum atomic E-state index is 13.1. The predicted octanol–water partition coefficient (Wildman–Crippen LogP) is 5.82. The van der Waals surface area contributed by atoms with Crippen LogP contribution in [0.5, 0.6) is 0 Å². The predicted molar refractivity (Wildman–Crippen MR) is 129 cm³/mol. The minimum absolute atomic E-state index is 0.112. The quantitative estimate of drug-likeness (QED) is 0.339. The van der Waals surface area contributed by atoms with E-state index in [0.29, 0.717) is 22.3 Å². The molecule has 3 aromatic carbocycles. The Morgan fingerprint density at radius 2 is 1.62 bits per heavy atom. The molecule has 5 rings (SSSR count). The van der Waals surface area contributed by atoms with Crippen molar-refractivity contribution in [2.75, 3.05) is 0 Å². The summed E-state index contributed by atoms with van der Waals surface area (Å²) < 4.78 is 24.6. The summed E-state index contributed by atoms with van der Waals surface area (Å²) >= 11 is 0. The van der Waals surface area contributed by atoms with Crippen LogP contribution in [0.25, 0.3) is 33.1 Å².